The molecule has 2 rings (SSSR count). The van der Waals surface area contributed by atoms with Crippen LogP contribution in [0.5, 0.6) is 0 Å². The molecule has 0 aliphatic carbocycles. The number of anilines is 1. The van der Waals surface area contributed by atoms with Gasteiger partial charge in [-0.05, 0) is 6.07 Å². The van der Waals surface area contributed by atoms with E-state index in [1.807, 2.05) is 0 Å². The number of hydrogen-bond acceptors (Lipinski definition) is 6. The first-order chi connectivity index (χ1) is 7.20. The molecule has 82 valence electrons. The van der Waals surface area contributed by atoms with Crippen molar-refractivity contribution in [2.45, 2.75) is 12.5 Å². The van der Waals surface area contributed by atoms with Gasteiger partial charge in [0, 0.05) is 6.20 Å². The van der Waals surface area contributed by atoms with Crippen molar-refractivity contribution in [3.8, 4) is 0 Å². The predicted molar refractivity (Wildman–Crippen MR) is 49.9 cm³/mol. The number of nitrogens with zero attached hydrogens (tertiary/aromatic N) is 2. The Kier molecular flexibility index (Phi) is 2.67. The van der Waals surface area contributed by atoms with E-state index in [0.717, 1.165) is 0 Å². The second-order valence-electron chi connectivity index (χ2n) is 3.08. The zero-order valence-corrected chi connectivity index (χ0v) is 7.87. The van der Waals surface area contributed by atoms with Crippen LogP contribution in [-0.2, 0) is 9.47 Å². The normalized spacial score (nSPS) is 25.7. The second-order valence-corrected chi connectivity index (χ2v) is 3.08. The van der Waals surface area contributed by atoms with Gasteiger partial charge in [-0.15, -0.1) is 0 Å². The molecule has 0 amide bonds. The van der Waals surface area contributed by atoms with Crippen LogP contribution in [0.15, 0.2) is 17.1 Å². The third kappa shape index (κ3) is 1.99. The molecule has 1 aliphatic rings. The zero-order chi connectivity index (χ0) is 10.8. The van der Waals surface area contributed by atoms with Crippen LogP contribution in [-0.4, -0.2) is 34.2 Å². The Labute approximate surface area is 85.1 Å². The third-order valence-corrected chi connectivity index (χ3v) is 2.04. The number of aliphatic hydroxyl groups is 1. The fourth-order valence-electron chi connectivity index (χ4n) is 1.33. The van der Waals surface area contributed by atoms with Gasteiger partial charge in [-0.2, -0.15) is 4.98 Å². The van der Waals surface area contributed by atoms with Crippen LogP contribution in [0.1, 0.15) is 6.23 Å². The van der Waals surface area contributed by atoms with E-state index in [1.54, 1.807) is 0 Å². The summed E-state index contributed by atoms with van der Waals surface area (Å²) in [4.78, 5) is 15.0. The zero-order valence-electron chi connectivity index (χ0n) is 7.87. The van der Waals surface area contributed by atoms with Crippen LogP contribution in [0.3, 0.4) is 0 Å². The van der Waals surface area contributed by atoms with Crippen molar-refractivity contribution in [3.05, 3.63) is 22.7 Å². The van der Waals surface area contributed by atoms with E-state index >= 15 is 0 Å². The number of hydrogen-bond donors (Lipinski definition) is 2. The summed E-state index contributed by atoms with van der Waals surface area (Å²) in [5.41, 5.74) is 4.85. The van der Waals surface area contributed by atoms with Gasteiger partial charge >= 0.3 is 5.69 Å². The van der Waals surface area contributed by atoms with E-state index in [0.29, 0.717) is 0 Å². The van der Waals surface area contributed by atoms with Gasteiger partial charge in [0.25, 0.3) is 0 Å². The number of ether oxygens (including phenoxy) is 2. The van der Waals surface area contributed by atoms with Gasteiger partial charge in [0.1, 0.15) is 5.82 Å². The Balaban J connectivity index is 2.20. The van der Waals surface area contributed by atoms with Crippen molar-refractivity contribution < 1.29 is 14.6 Å². The van der Waals surface area contributed by atoms with Gasteiger partial charge in [0.2, 0.25) is 0 Å². The highest BCUT2D eigenvalue weighted by molar-refractivity contribution is 5.23. The molecule has 1 aromatic heterocycles. The Morgan fingerprint density at radius 2 is 2.53 bits per heavy atom. The van der Waals surface area contributed by atoms with E-state index in [1.165, 1.54) is 16.8 Å². The average Bonchev–Trinajstić information content (AvgIpc) is 2.66. The summed E-state index contributed by atoms with van der Waals surface area (Å²) in [5, 5.41) is 8.77. The van der Waals surface area contributed by atoms with Crippen LogP contribution in [0, 0.1) is 0 Å². The highest BCUT2D eigenvalue weighted by Gasteiger charge is 2.27. The molecule has 1 saturated heterocycles. The molecule has 2 heterocycles. The second kappa shape index (κ2) is 3.97. The Hall–Kier alpha value is -1.44. The quantitative estimate of drug-likeness (QED) is 0.632. The van der Waals surface area contributed by atoms with Crippen molar-refractivity contribution in [2.75, 3.05) is 18.9 Å². The summed E-state index contributed by atoms with van der Waals surface area (Å²) >= 11 is 0. The SMILES string of the molecule is Nc1ccn([C@@H]2COC(CO)O2)c(=O)n1. The van der Waals surface area contributed by atoms with Crippen LogP contribution < -0.4 is 11.4 Å². The lowest BCUT2D eigenvalue weighted by molar-refractivity contribution is -0.0992. The highest BCUT2D eigenvalue weighted by atomic mass is 16.7. The molecule has 1 unspecified atom stereocenters. The first kappa shape index (κ1) is 10.1. The van der Waals surface area contributed by atoms with Gasteiger partial charge in [-0.3, -0.25) is 4.57 Å². The van der Waals surface area contributed by atoms with Gasteiger partial charge in [-0.1, -0.05) is 0 Å². The van der Waals surface area contributed by atoms with Gasteiger partial charge in [0.15, 0.2) is 12.5 Å². The molecule has 0 spiro atoms. The lowest BCUT2D eigenvalue weighted by atomic mass is 10.5. The van der Waals surface area contributed by atoms with Gasteiger partial charge < -0.3 is 20.3 Å². The van der Waals surface area contributed by atoms with Crippen molar-refractivity contribution in [2.24, 2.45) is 0 Å². The highest BCUT2D eigenvalue weighted by Crippen LogP contribution is 2.18. The van der Waals surface area contributed by atoms with Crippen LogP contribution in [0.25, 0.3) is 0 Å². The summed E-state index contributed by atoms with van der Waals surface area (Å²) in [5.74, 6) is 0.161. The van der Waals surface area contributed by atoms with Crippen molar-refractivity contribution in [3.63, 3.8) is 0 Å². The van der Waals surface area contributed by atoms with Crippen LogP contribution in [0.4, 0.5) is 5.82 Å². The smallest absolute Gasteiger partial charge is 0.351 e. The number of rotatable bonds is 2. The monoisotopic (exact) mass is 213 g/mol. The molecule has 1 fully saturated rings. The summed E-state index contributed by atoms with van der Waals surface area (Å²) in [6.07, 6.45) is 0.250. The summed E-state index contributed by atoms with van der Waals surface area (Å²) in [6.45, 7) is -0.0373. The Bertz CT molecular complexity index is 405. The average molecular weight is 213 g/mol. The lowest BCUT2D eigenvalue weighted by Crippen LogP contribution is -2.28. The maximum absolute atomic E-state index is 11.4. The minimum atomic E-state index is -0.681. The van der Waals surface area contributed by atoms with Crippen LogP contribution >= 0.6 is 0 Å². The lowest BCUT2D eigenvalue weighted by Gasteiger charge is -2.11. The number of nitrogens with two attached hydrogens (primary N) is 1. The minimum Gasteiger partial charge on any atom is -0.391 e. The van der Waals surface area contributed by atoms with E-state index in [9.17, 15) is 4.79 Å². The standard InChI is InChI=1S/C8H11N3O4/c9-5-1-2-11(8(13)10-5)6-4-14-7(3-12)15-6/h1-2,6-7,12H,3-4H2,(H2,9,10,13)/t6-,7?/m0/s1. The molecule has 0 saturated carbocycles. The number of nitrogen functional groups attached to an aromatic ring is 1. The molecule has 2 atom stereocenters. The largest absolute Gasteiger partial charge is 0.391 e. The molecular weight excluding hydrogens is 202 g/mol. The number of aromatic nitrogens is 2. The first-order valence-electron chi connectivity index (χ1n) is 4.43. The van der Waals surface area contributed by atoms with E-state index in [-0.39, 0.29) is 19.0 Å². The van der Waals surface area contributed by atoms with E-state index in [4.69, 9.17) is 20.3 Å². The predicted octanol–water partition coefficient (Wildman–Crippen LogP) is -1.31. The molecule has 15 heavy (non-hydrogen) atoms. The molecule has 7 nitrogen and oxygen atoms in total. The number of aliphatic hydroxyl groups excluding tert-OH is 1. The van der Waals surface area contributed by atoms with Crippen molar-refractivity contribution >= 4 is 5.82 Å². The fourth-order valence-corrected chi connectivity index (χ4v) is 1.33. The van der Waals surface area contributed by atoms with E-state index in [2.05, 4.69) is 4.98 Å². The molecule has 1 aromatic rings. The van der Waals surface area contributed by atoms with Crippen molar-refractivity contribution in [1.82, 2.24) is 9.55 Å². The molecule has 3 N–H and O–H groups in total. The van der Waals surface area contributed by atoms with Crippen molar-refractivity contribution in [1.29, 1.82) is 0 Å². The summed E-state index contributed by atoms with van der Waals surface area (Å²) in [7, 11) is 0. The molecule has 0 aromatic carbocycles. The molecule has 0 bridgehead atoms. The first-order valence-corrected chi connectivity index (χ1v) is 4.43. The maximum Gasteiger partial charge on any atom is 0.351 e. The van der Waals surface area contributed by atoms with Gasteiger partial charge in [-0.25, -0.2) is 4.79 Å². The fraction of sp³-hybridized carbons (Fsp3) is 0.500. The summed E-state index contributed by atoms with van der Waals surface area (Å²) < 4.78 is 11.6. The van der Waals surface area contributed by atoms with Gasteiger partial charge in [0.05, 0.1) is 13.2 Å². The topological polar surface area (TPSA) is 99.6 Å². The molecule has 0 radical (unpaired) electrons. The van der Waals surface area contributed by atoms with Crippen LogP contribution in [0.2, 0.25) is 0 Å². The molecular formula is C8H11N3O4. The Morgan fingerprint density at radius 1 is 1.73 bits per heavy atom. The third-order valence-electron chi connectivity index (χ3n) is 2.04. The van der Waals surface area contributed by atoms with E-state index < -0.39 is 18.2 Å². The Morgan fingerprint density at radius 3 is 3.13 bits per heavy atom. The molecule has 7 heteroatoms. The maximum atomic E-state index is 11.4. The molecule has 1 aliphatic heterocycles. The minimum absolute atomic E-state index is 0.161. The summed E-state index contributed by atoms with van der Waals surface area (Å²) in [6, 6.07) is 1.50.